The minimum atomic E-state index is -0.518. The standard InChI is InChI=1S/C22H31N3O3/c1-13-6-7-16(4)17(9-13)20-19(21(26)28-5)18(23-22(27)24-20)12-25-10-14(2)8-15(3)11-25/h6-7,9,14-15,20H,8,10-12H2,1-5H3,(H2,23,24,27)/t14-,15-,20+/m1/s1. The number of rotatable bonds is 4. The van der Waals surface area contributed by atoms with Crippen LogP contribution in [0.2, 0.25) is 0 Å². The molecule has 0 saturated carbocycles. The number of carbonyl (C=O) groups excluding carboxylic acids is 2. The van der Waals surface area contributed by atoms with Crippen LogP contribution >= 0.6 is 0 Å². The molecule has 1 aromatic carbocycles. The van der Waals surface area contributed by atoms with E-state index < -0.39 is 12.0 Å². The number of piperidine rings is 1. The molecule has 0 unspecified atom stereocenters. The lowest BCUT2D eigenvalue weighted by Crippen LogP contribution is -2.50. The van der Waals surface area contributed by atoms with Crippen LogP contribution in [0.5, 0.6) is 0 Å². The summed E-state index contributed by atoms with van der Waals surface area (Å²) in [6.07, 6.45) is 1.21. The molecule has 2 amide bonds. The van der Waals surface area contributed by atoms with Crippen LogP contribution in [0.4, 0.5) is 4.79 Å². The van der Waals surface area contributed by atoms with Crippen molar-refractivity contribution in [1.29, 1.82) is 0 Å². The first-order valence-electron chi connectivity index (χ1n) is 9.96. The molecule has 3 rings (SSSR count). The van der Waals surface area contributed by atoms with Crippen molar-refractivity contribution in [1.82, 2.24) is 15.5 Å². The molecule has 1 fully saturated rings. The zero-order valence-corrected chi connectivity index (χ0v) is 17.5. The lowest BCUT2D eigenvalue weighted by atomic mass is 9.89. The van der Waals surface area contributed by atoms with Gasteiger partial charge in [-0.15, -0.1) is 0 Å². The van der Waals surface area contributed by atoms with Crippen LogP contribution in [-0.4, -0.2) is 43.6 Å². The predicted molar refractivity (Wildman–Crippen MR) is 109 cm³/mol. The topological polar surface area (TPSA) is 70.7 Å². The number of hydrogen-bond acceptors (Lipinski definition) is 4. The molecule has 152 valence electrons. The summed E-state index contributed by atoms with van der Waals surface area (Å²) >= 11 is 0. The highest BCUT2D eigenvalue weighted by Crippen LogP contribution is 2.31. The quantitative estimate of drug-likeness (QED) is 0.782. The van der Waals surface area contributed by atoms with Crippen LogP contribution in [-0.2, 0) is 9.53 Å². The Bertz CT molecular complexity index is 792. The van der Waals surface area contributed by atoms with E-state index in [1.807, 2.05) is 32.0 Å². The van der Waals surface area contributed by atoms with Gasteiger partial charge in [0, 0.05) is 25.3 Å². The smallest absolute Gasteiger partial charge is 0.338 e. The van der Waals surface area contributed by atoms with Gasteiger partial charge in [0.2, 0.25) is 0 Å². The average molecular weight is 386 g/mol. The van der Waals surface area contributed by atoms with Crippen molar-refractivity contribution in [2.24, 2.45) is 11.8 Å². The molecule has 0 spiro atoms. The maximum atomic E-state index is 12.7. The molecule has 0 aliphatic carbocycles. The Hall–Kier alpha value is -2.34. The van der Waals surface area contributed by atoms with Gasteiger partial charge < -0.3 is 15.4 Å². The Morgan fingerprint density at radius 3 is 2.54 bits per heavy atom. The molecule has 0 bridgehead atoms. The molecule has 2 N–H and O–H groups in total. The number of carbonyl (C=O) groups is 2. The number of nitrogens with zero attached hydrogens (tertiary/aromatic N) is 1. The average Bonchev–Trinajstić information content (AvgIpc) is 2.61. The highest BCUT2D eigenvalue weighted by molar-refractivity contribution is 5.95. The van der Waals surface area contributed by atoms with E-state index in [4.69, 9.17) is 4.74 Å². The van der Waals surface area contributed by atoms with Crippen LogP contribution in [0, 0.1) is 25.7 Å². The van der Waals surface area contributed by atoms with Gasteiger partial charge in [0.15, 0.2) is 0 Å². The fourth-order valence-electron chi connectivity index (χ4n) is 4.54. The lowest BCUT2D eigenvalue weighted by molar-refractivity contribution is -0.136. The normalized spacial score (nSPS) is 25.9. The van der Waals surface area contributed by atoms with Gasteiger partial charge in [0.05, 0.1) is 18.7 Å². The largest absolute Gasteiger partial charge is 0.466 e. The Labute approximate surface area is 167 Å². The van der Waals surface area contributed by atoms with E-state index in [9.17, 15) is 9.59 Å². The van der Waals surface area contributed by atoms with Gasteiger partial charge in [0.25, 0.3) is 0 Å². The van der Waals surface area contributed by atoms with Crippen molar-refractivity contribution < 1.29 is 14.3 Å². The van der Waals surface area contributed by atoms with Crippen LogP contribution < -0.4 is 10.6 Å². The summed E-state index contributed by atoms with van der Waals surface area (Å²) in [5.41, 5.74) is 4.16. The minimum absolute atomic E-state index is 0.285. The van der Waals surface area contributed by atoms with Gasteiger partial charge in [-0.05, 0) is 43.2 Å². The monoisotopic (exact) mass is 385 g/mol. The summed E-state index contributed by atoms with van der Waals surface area (Å²) in [7, 11) is 1.38. The van der Waals surface area contributed by atoms with Crippen molar-refractivity contribution in [2.45, 2.75) is 40.2 Å². The second kappa shape index (κ2) is 8.35. The van der Waals surface area contributed by atoms with Crippen LogP contribution in [0.3, 0.4) is 0 Å². The van der Waals surface area contributed by atoms with Crippen LogP contribution in [0.25, 0.3) is 0 Å². The first-order chi connectivity index (χ1) is 13.3. The van der Waals surface area contributed by atoms with Crippen LogP contribution in [0.1, 0.15) is 43.0 Å². The molecule has 28 heavy (non-hydrogen) atoms. The minimum Gasteiger partial charge on any atom is -0.466 e. The van der Waals surface area contributed by atoms with Crippen molar-refractivity contribution in [2.75, 3.05) is 26.7 Å². The van der Waals surface area contributed by atoms with E-state index in [0.717, 1.165) is 29.8 Å². The predicted octanol–water partition coefficient (Wildman–Crippen LogP) is 3.06. The number of esters is 1. The number of urea groups is 1. The molecule has 6 heteroatoms. The number of likely N-dealkylation sites (tertiary alicyclic amines) is 1. The second-order valence-electron chi connectivity index (χ2n) is 8.42. The van der Waals surface area contributed by atoms with Crippen LogP contribution in [0.15, 0.2) is 29.5 Å². The first kappa shape index (κ1) is 20.4. The Balaban J connectivity index is 2.02. The summed E-state index contributed by atoms with van der Waals surface area (Å²) in [5, 5.41) is 5.80. The third kappa shape index (κ3) is 4.38. The van der Waals surface area contributed by atoms with E-state index in [1.54, 1.807) is 0 Å². The molecular formula is C22H31N3O3. The van der Waals surface area contributed by atoms with E-state index in [-0.39, 0.29) is 6.03 Å². The summed E-state index contributed by atoms with van der Waals surface area (Å²) < 4.78 is 5.10. The molecule has 2 aliphatic heterocycles. The molecule has 2 aliphatic rings. The number of nitrogens with one attached hydrogen (secondary N) is 2. The molecular weight excluding hydrogens is 354 g/mol. The number of amides is 2. The first-order valence-corrected chi connectivity index (χ1v) is 9.96. The Kier molecular flexibility index (Phi) is 6.08. The molecule has 1 saturated heterocycles. The lowest BCUT2D eigenvalue weighted by Gasteiger charge is -2.37. The van der Waals surface area contributed by atoms with E-state index in [2.05, 4.69) is 29.4 Å². The second-order valence-corrected chi connectivity index (χ2v) is 8.42. The van der Waals surface area contributed by atoms with E-state index in [1.165, 1.54) is 13.5 Å². The third-order valence-electron chi connectivity index (χ3n) is 5.63. The Morgan fingerprint density at radius 1 is 1.21 bits per heavy atom. The van der Waals surface area contributed by atoms with Gasteiger partial charge in [-0.2, -0.15) is 0 Å². The number of methoxy groups -OCH3 is 1. The molecule has 3 atom stereocenters. The molecule has 6 nitrogen and oxygen atoms in total. The van der Waals surface area contributed by atoms with E-state index in [0.29, 0.717) is 29.7 Å². The van der Waals surface area contributed by atoms with Crippen molar-refractivity contribution >= 4 is 12.0 Å². The maximum Gasteiger partial charge on any atom is 0.338 e. The van der Waals surface area contributed by atoms with Gasteiger partial charge in [0.1, 0.15) is 0 Å². The summed E-state index contributed by atoms with van der Waals surface area (Å²) in [5.74, 6) is 0.780. The fraction of sp³-hybridized carbons (Fsp3) is 0.545. The maximum absolute atomic E-state index is 12.7. The highest BCUT2D eigenvalue weighted by atomic mass is 16.5. The van der Waals surface area contributed by atoms with Crippen molar-refractivity contribution in [3.8, 4) is 0 Å². The van der Waals surface area contributed by atoms with E-state index >= 15 is 0 Å². The highest BCUT2D eigenvalue weighted by Gasteiger charge is 2.35. The zero-order valence-electron chi connectivity index (χ0n) is 17.5. The Morgan fingerprint density at radius 2 is 1.89 bits per heavy atom. The summed E-state index contributed by atoms with van der Waals surface area (Å²) in [6.45, 7) is 10.9. The fourth-order valence-corrected chi connectivity index (χ4v) is 4.54. The third-order valence-corrected chi connectivity index (χ3v) is 5.63. The van der Waals surface area contributed by atoms with Crippen molar-refractivity contribution in [3.05, 3.63) is 46.2 Å². The molecule has 0 aromatic heterocycles. The van der Waals surface area contributed by atoms with Gasteiger partial charge in [-0.25, -0.2) is 9.59 Å². The number of ether oxygens (including phenoxy) is 1. The van der Waals surface area contributed by atoms with Gasteiger partial charge >= 0.3 is 12.0 Å². The van der Waals surface area contributed by atoms with Gasteiger partial charge in [-0.1, -0.05) is 37.6 Å². The number of aryl methyl sites for hydroxylation is 2. The molecule has 1 aromatic rings. The van der Waals surface area contributed by atoms with Crippen molar-refractivity contribution in [3.63, 3.8) is 0 Å². The number of hydrogen-bond donors (Lipinski definition) is 2. The summed E-state index contributed by atoms with van der Waals surface area (Å²) in [6, 6.07) is 5.27. The van der Waals surface area contributed by atoms with Gasteiger partial charge in [-0.3, -0.25) is 4.90 Å². The molecule has 2 heterocycles. The molecule has 0 radical (unpaired) electrons. The number of benzene rings is 1. The zero-order chi connectivity index (χ0) is 20.4. The summed E-state index contributed by atoms with van der Waals surface area (Å²) in [4.78, 5) is 27.5. The SMILES string of the molecule is COC(=O)C1=C(CN2C[C@H](C)C[C@@H](C)C2)NC(=O)N[C@H]1c1cc(C)ccc1C.